The molecule has 3 nitrogen and oxygen atoms in total. The third kappa shape index (κ3) is 2.97. The fraction of sp³-hybridized carbons (Fsp3) is 0.0714. The average Bonchev–Trinajstić information content (AvgIpc) is 2.40. The summed E-state index contributed by atoms with van der Waals surface area (Å²) >= 11 is 3.34. The van der Waals surface area contributed by atoms with Crippen LogP contribution in [-0.4, -0.2) is 16.4 Å². The summed E-state index contributed by atoms with van der Waals surface area (Å²) in [7, 11) is 0. The van der Waals surface area contributed by atoms with Crippen molar-refractivity contribution >= 4 is 27.8 Å². The summed E-state index contributed by atoms with van der Waals surface area (Å²) in [5.74, 6) is 0.170. The SMILES string of the molecule is OCc1ccccc1N=Cc1cc(Br)ccc1O. The van der Waals surface area contributed by atoms with Crippen LogP contribution in [0.15, 0.2) is 51.9 Å². The minimum absolute atomic E-state index is 0.0576. The molecule has 0 radical (unpaired) electrons. The molecule has 0 spiro atoms. The molecule has 0 amide bonds. The molecule has 0 unspecified atom stereocenters. The molecule has 0 aromatic heterocycles. The van der Waals surface area contributed by atoms with Gasteiger partial charge in [0.2, 0.25) is 0 Å². The number of nitrogens with zero attached hydrogens (tertiary/aromatic N) is 1. The number of benzene rings is 2. The molecule has 4 heteroatoms. The number of halogens is 1. The van der Waals surface area contributed by atoms with Gasteiger partial charge in [0.1, 0.15) is 5.75 Å². The Morgan fingerprint density at radius 2 is 1.94 bits per heavy atom. The highest BCUT2D eigenvalue weighted by atomic mass is 79.9. The molecule has 2 rings (SSSR count). The topological polar surface area (TPSA) is 52.8 Å². The van der Waals surface area contributed by atoms with Crippen molar-refractivity contribution in [1.82, 2.24) is 0 Å². The van der Waals surface area contributed by atoms with Crippen LogP contribution in [0.4, 0.5) is 5.69 Å². The summed E-state index contributed by atoms with van der Waals surface area (Å²) < 4.78 is 0.872. The second kappa shape index (κ2) is 5.80. The number of hydrogen-bond donors (Lipinski definition) is 2. The zero-order valence-corrected chi connectivity index (χ0v) is 11.1. The van der Waals surface area contributed by atoms with E-state index in [1.807, 2.05) is 24.3 Å². The molecule has 0 aliphatic carbocycles. The number of aliphatic imine (C=N–C) groups is 1. The van der Waals surface area contributed by atoms with E-state index in [0.29, 0.717) is 11.3 Å². The summed E-state index contributed by atoms with van der Waals surface area (Å²) in [5, 5.41) is 18.9. The second-order valence-corrected chi connectivity index (χ2v) is 4.66. The zero-order valence-electron chi connectivity index (χ0n) is 9.55. The standard InChI is InChI=1S/C14H12BrNO2/c15-12-5-6-14(18)11(7-12)8-16-13-4-2-1-3-10(13)9-17/h1-8,17-18H,9H2. The lowest BCUT2D eigenvalue weighted by atomic mass is 10.2. The van der Waals surface area contributed by atoms with E-state index in [2.05, 4.69) is 20.9 Å². The predicted octanol–water partition coefficient (Wildman–Crippen LogP) is 3.40. The van der Waals surface area contributed by atoms with Gasteiger partial charge in [-0.1, -0.05) is 34.1 Å². The third-order valence-corrected chi connectivity index (χ3v) is 2.99. The Morgan fingerprint density at radius 3 is 2.72 bits per heavy atom. The third-order valence-electron chi connectivity index (χ3n) is 2.49. The lowest BCUT2D eigenvalue weighted by molar-refractivity contribution is 0.282. The van der Waals surface area contributed by atoms with Gasteiger partial charge in [-0.3, -0.25) is 4.99 Å². The van der Waals surface area contributed by atoms with Gasteiger partial charge >= 0.3 is 0 Å². The van der Waals surface area contributed by atoms with Crippen molar-refractivity contribution in [2.24, 2.45) is 4.99 Å². The number of aliphatic hydroxyl groups is 1. The van der Waals surface area contributed by atoms with Crippen LogP contribution in [-0.2, 0) is 6.61 Å². The number of para-hydroxylation sites is 1. The summed E-state index contributed by atoms with van der Waals surface area (Å²) in [6.45, 7) is -0.0576. The summed E-state index contributed by atoms with van der Waals surface area (Å²) in [5.41, 5.74) is 2.07. The van der Waals surface area contributed by atoms with Gasteiger partial charge in [0, 0.05) is 21.8 Å². The fourth-order valence-electron chi connectivity index (χ4n) is 1.54. The van der Waals surface area contributed by atoms with E-state index >= 15 is 0 Å². The molecular formula is C14H12BrNO2. The Balaban J connectivity index is 2.33. The highest BCUT2D eigenvalue weighted by Gasteiger charge is 2.00. The molecule has 92 valence electrons. The maximum Gasteiger partial charge on any atom is 0.124 e. The Morgan fingerprint density at radius 1 is 1.17 bits per heavy atom. The van der Waals surface area contributed by atoms with Crippen molar-refractivity contribution in [1.29, 1.82) is 0 Å². The van der Waals surface area contributed by atoms with Crippen LogP contribution in [0.2, 0.25) is 0 Å². The number of phenols is 1. The molecule has 2 aromatic carbocycles. The quantitative estimate of drug-likeness (QED) is 0.854. The average molecular weight is 306 g/mol. The van der Waals surface area contributed by atoms with E-state index in [-0.39, 0.29) is 12.4 Å². The summed E-state index contributed by atoms with van der Waals surface area (Å²) in [4.78, 5) is 4.28. The van der Waals surface area contributed by atoms with Crippen molar-refractivity contribution in [2.45, 2.75) is 6.61 Å². The van der Waals surface area contributed by atoms with E-state index in [1.165, 1.54) is 0 Å². The van der Waals surface area contributed by atoms with Crippen molar-refractivity contribution in [3.05, 3.63) is 58.1 Å². The fourth-order valence-corrected chi connectivity index (χ4v) is 1.92. The first-order valence-electron chi connectivity index (χ1n) is 5.42. The van der Waals surface area contributed by atoms with Crippen molar-refractivity contribution in [3.8, 4) is 5.75 Å². The second-order valence-electron chi connectivity index (χ2n) is 3.75. The largest absolute Gasteiger partial charge is 0.507 e. The van der Waals surface area contributed by atoms with Gasteiger partial charge in [0.25, 0.3) is 0 Å². The summed E-state index contributed by atoms with van der Waals surface area (Å²) in [6.07, 6.45) is 1.58. The van der Waals surface area contributed by atoms with Crippen LogP contribution in [0, 0.1) is 0 Å². The lowest BCUT2D eigenvalue weighted by Crippen LogP contribution is -1.85. The molecule has 2 aromatic rings. The first kappa shape index (κ1) is 12.8. The van der Waals surface area contributed by atoms with Gasteiger partial charge in [-0.2, -0.15) is 0 Å². The predicted molar refractivity (Wildman–Crippen MR) is 75.4 cm³/mol. The Kier molecular flexibility index (Phi) is 4.12. The highest BCUT2D eigenvalue weighted by molar-refractivity contribution is 9.10. The highest BCUT2D eigenvalue weighted by Crippen LogP contribution is 2.22. The molecule has 0 saturated heterocycles. The van der Waals surface area contributed by atoms with Crippen molar-refractivity contribution < 1.29 is 10.2 Å². The Labute approximate surface area is 114 Å². The van der Waals surface area contributed by atoms with E-state index in [0.717, 1.165) is 10.0 Å². The van der Waals surface area contributed by atoms with E-state index in [9.17, 15) is 10.2 Å². The Hall–Kier alpha value is -1.65. The minimum Gasteiger partial charge on any atom is -0.507 e. The van der Waals surface area contributed by atoms with E-state index in [1.54, 1.807) is 24.4 Å². The summed E-state index contributed by atoms with van der Waals surface area (Å²) in [6, 6.07) is 12.5. The monoisotopic (exact) mass is 305 g/mol. The number of hydrogen-bond acceptors (Lipinski definition) is 3. The zero-order chi connectivity index (χ0) is 13.0. The molecule has 0 fully saturated rings. The molecular weight excluding hydrogens is 294 g/mol. The molecule has 0 saturated carbocycles. The number of rotatable bonds is 3. The molecule has 0 heterocycles. The molecule has 18 heavy (non-hydrogen) atoms. The van der Waals surface area contributed by atoms with Gasteiger partial charge in [-0.05, 0) is 24.3 Å². The normalized spacial score (nSPS) is 11.0. The van der Waals surface area contributed by atoms with Crippen LogP contribution < -0.4 is 0 Å². The van der Waals surface area contributed by atoms with E-state index in [4.69, 9.17) is 0 Å². The van der Waals surface area contributed by atoms with Gasteiger partial charge in [-0.25, -0.2) is 0 Å². The van der Waals surface area contributed by atoms with E-state index < -0.39 is 0 Å². The van der Waals surface area contributed by atoms with Crippen LogP contribution in [0.25, 0.3) is 0 Å². The molecule has 2 N–H and O–H groups in total. The van der Waals surface area contributed by atoms with Crippen LogP contribution in [0.1, 0.15) is 11.1 Å². The first-order chi connectivity index (χ1) is 8.70. The maximum atomic E-state index is 9.68. The molecule has 0 bridgehead atoms. The molecule has 0 aliphatic rings. The van der Waals surface area contributed by atoms with Crippen molar-refractivity contribution in [3.63, 3.8) is 0 Å². The van der Waals surface area contributed by atoms with Crippen LogP contribution in [0.3, 0.4) is 0 Å². The van der Waals surface area contributed by atoms with Crippen LogP contribution >= 0.6 is 15.9 Å². The minimum atomic E-state index is -0.0576. The molecule has 0 aliphatic heterocycles. The number of aromatic hydroxyl groups is 1. The number of phenolic OH excluding ortho intramolecular Hbond substituents is 1. The van der Waals surface area contributed by atoms with Gasteiger partial charge in [0.05, 0.1) is 12.3 Å². The van der Waals surface area contributed by atoms with Crippen molar-refractivity contribution in [2.75, 3.05) is 0 Å². The smallest absolute Gasteiger partial charge is 0.124 e. The Bertz CT molecular complexity index is 582. The van der Waals surface area contributed by atoms with Crippen LogP contribution in [0.5, 0.6) is 5.75 Å². The number of aliphatic hydroxyl groups excluding tert-OH is 1. The van der Waals surface area contributed by atoms with Gasteiger partial charge in [0.15, 0.2) is 0 Å². The maximum absolute atomic E-state index is 9.68. The van der Waals surface area contributed by atoms with Gasteiger partial charge < -0.3 is 10.2 Å². The van der Waals surface area contributed by atoms with Gasteiger partial charge in [-0.15, -0.1) is 0 Å². The molecule has 0 atom stereocenters. The first-order valence-corrected chi connectivity index (χ1v) is 6.21. The lowest BCUT2D eigenvalue weighted by Gasteiger charge is -2.02.